The smallest absolute Gasteiger partial charge is 0.290 e. The molecule has 34 heavy (non-hydrogen) atoms. The molecule has 5 rings (SSSR count). The summed E-state index contributed by atoms with van der Waals surface area (Å²) in [5.41, 5.74) is 4.10. The van der Waals surface area contributed by atoms with E-state index in [-0.39, 0.29) is 6.47 Å². The van der Waals surface area contributed by atoms with Gasteiger partial charge in [0.2, 0.25) is 0 Å². The Labute approximate surface area is 201 Å². The topological polar surface area (TPSA) is 52.6 Å². The van der Waals surface area contributed by atoms with Crippen molar-refractivity contribution in [3.05, 3.63) is 96.1 Å². The number of benzene rings is 3. The van der Waals surface area contributed by atoms with Crippen molar-refractivity contribution in [1.29, 1.82) is 0 Å². The number of nitrogens with zero attached hydrogens (tertiary/aromatic N) is 1. The fourth-order valence-corrected chi connectivity index (χ4v) is 4.79. The summed E-state index contributed by atoms with van der Waals surface area (Å²) < 4.78 is 15.4. The van der Waals surface area contributed by atoms with Gasteiger partial charge in [-0.2, -0.15) is 0 Å². The fraction of sp³-hybridized carbons (Fsp3) is 0.345. The Balaban J connectivity index is 0.000000868. The molecule has 1 heterocycles. The van der Waals surface area contributed by atoms with Crippen LogP contribution in [0.1, 0.15) is 36.3 Å². The summed E-state index contributed by atoms with van der Waals surface area (Å²) in [5.74, 6) is 0.520. The number of carboxylic acid groups (broad SMARTS) is 1. The van der Waals surface area contributed by atoms with Crippen LogP contribution in [-0.4, -0.2) is 47.8 Å². The van der Waals surface area contributed by atoms with E-state index < -0.39 is 5.67 Å². The van der Waals surface area contributed by atoms with Crippen LogP contribution in [0.2, 0.25) is 0 Å². The van der Waals surface area contributed by atoms with Gasteiger partial charge in [-0.15, -0.1) is 0 Å². The van der Waals surface area contributed by atoms with Gasteiger partial charge >= 0.3 is 0 Å². The molecule has 2 unspecified atom stereocenters. The zero-order valence-corrected chi connectivity index (χ0v) is 19.4. The maximum Gasteiger partial charge on any atom is 0.290 e. The van der Waals surface area contributed by atoms with Gasteiger partial charge in [-0.3, -0.25) is 9.69 Å². The number of hydrogen-bond donors (Lipinski definition) is 2. The molecule has 3 aromatic carbocycles. The minimum atomic E-state index is -1.07. The zero-order valence-electron chi connectivity index (χ0n) is 19.4. The monoisotopic (exact) mass is 460 g/mol. The fourth-order valence-electron chi connectivity index (χ4n) is 4.79. The van der Waals surface area contributed by atoms with E-state index in [9.17, 15) is 0 Å². The molecule has 0 amide bonds. The van der Waals surface area contributed by atoms with Gasteiger partial charge in [-0.25, -0.2) is 4.39 Å². The quantitative estimate of drug-likeness (QED) is 0.457. The van der Waals surface area contributed by atoms with E-state index in [4.69, 9.17) is 9.90 Å². The van der Waals surface area contributed by atoms with Crippen molar-refractivity contribution in [2.45, 2.75) is 43.4 Å². The molecule has 5 heteroatoms. The predicted molar refractivity (Wildman–Crippen MR) is 135 cm³/mol. The SMILES string of the molecule is FC1(CNC2CC2c2ccc(-c3ccccc3)cc2)CCN(Cc2ccccc2)CC1.O=CO. The van der Waals surface area contributed by atoms with Gasteiger partial charge in [0.25, 0.3) is 6.47 Å². The van der Waals surface area contributed by atoms with Gasteiger partial charge in [0.15, 0.2) is 0 Å². The van der Waals surface area contributed by atoms with E-state index >= 15 is 4.39 Å². The van der Waals surface area contributed by atoms with Crippen molar-refractivity contribution in [2.24, 2.45) is 0 Å². The van der Waals surface area contributed by atoms with E-state index in [1.165, 1.54) is 22.3 Å². The first-order valence-corrected chi connectivity index (χ1v) is 12.0. The molecule has 0 aromatic heterocycles. The lowest BCUT2D eigenvalue weighted by Crippen LogP contribution is -2.47. The highest BCUT2D eigenvalue weighted by Crippen LogP contribution is 2.42. The second kappa shape index (κ2) is 11.4. The first-order chi connectivity index (χ1) is 16.6. The Morgan fingerprint density at radius 1 is 0.912 bits per heavy atom. The van der Waals surface area contributed by atoms with Crippen molar-refractivity contribution in [2.75, 3.05) is 19.6 Å². The van der Waals surface area contributed by atoms with Gasteiger partial charge in [0, 0.05) is 38.1 Å². The highest BCUT2D eigenvalue weighted by Gasteiger charge is 2.41. The lowest BCUT2D eigenvalue weighted by molar-refractivity contribution is -0.122. The summed E-state index contributed by atoms with van der Waals surface area (Å²) in [6.45, 7) is 2.83. The Morgan fingerprint density at radius 3 is 2.09 bits per heavy atom. The first kappa shape index (κ1) is 24.1. The third-order valence-electron chi connectivity index (χ3n) is 6.92. The molecule has 1 aliphatic heterocycles. The number of halogens is 1. The van der Waals surface area contributed by atoms with Gasteiger partial charge in [-0.05, 0) is 41.5 Å². The zero-order chi connectivity index (χ0) is 23.8. The largest absolute Gasteiger partial charge is 0.483 e. The minimum absolute atomic E-state index is 0.250. The predicted octanol–water partition coefficient (Wildman–Crippen LogP) is 5.50. The highest BCUT2D eigenvalue weighted by atomic mass is 19.1. The summed E-state index contributed by atoms with van der Waals surface area (Å²) in [6.07, 6.45) is 2.35. The van der Waals surface area contributed by atoms with Crippen LogP contribution in [0.25, 0.3) is 11.1 Å². The van der Waals surface area contributed by atoms with Crippen LogP contribution in [0.4, 0.5) is 4.39 Å². The molecule has 1 saturated carbocycles. The molecule has 1 saturated heterocycles. The number of carbonyl (C=O) groups is 1. The molecular formula is C29H33FN2O2. The first-order valence-electron chi connectivity index (χ1n) is 12.0. The van der Waals surface area contributed by atoms with E-state index in [0.717, 1.165) is 26.1 Å². The molecule has 2 aliphatic rings. The lowest BCUT2D eigenvalue weighted by Gasteiger charge is -2.36. The Kier molecular flexibility index (Phi) is 8.09. The van der Waals surface area contributed by atoms with Crippen molar-refractivity contribution < 1.29 is 14.3 Å². The molecule has 3 aromatic rings. The van der Waals surface area contributed by atoms with Gasteiger partial charge < -0.3 is 10.4 Å². The lowest BCUT2D eigenvalue weighted by atomic mass is 9.93. The number of hydrogen-bond acceptors (Lipinski definition) is 3. The van der Waals surface area contributed by atoms with E-state index in [1.807, 2.05) is 12.1 Å². The van der Waals surface area contributed by atoms with Crippen LogP contribution in [0.5, 0.6) is 0 Å². The summed E-state index contributed by atoms with van der Waals surface area (Å²) in [6, 6.07) is 30.3. The standard InChI is InChI=1S/C28H31FN2.CH2O2/c29-28(15-17-31(18-16-28)20-22-7-3-1-4-8-22)21-30-27-19-26(27)25-13-11-24(12-14-25)23-9-5-2-6-10-23;2-1-3/h1-14,26-27,30H,15-21H2;1H,(H,2,3). The van der Waals surface area contributed by atoms with Crippen molar-refractivity contribution >= 4 is 6.47 Å². The third kappa shape index (κ3) is 6.52. The molecule has 178 valence electrons. The molecule has 2 fully saturated rings. The minimum Gasteiger partial charge on any atom is -0.483 e. The highest BCUT2D eigenvalue weighted by molar-refractivity contribution is 5.63. The number of alkyl halides is 1. The van der Waals surface area contributed by atoms with Crippen LogP contribution in [-0.2, 0) is 11.3 Å². The molecular weight excluding hydrogens is 427 g/mol. The Morgan fingerprint density at radius 2 is 1.47 bits per heavy atom. The summed E-state index contributed by atoms with van der Waals surface area (Å²) in [5, 5.41) is 10.4. The number of likely N-dealkylation sites (tertiary alicyclic amines) is 1. The van der Waals surface area contributed by atoms with Crippen LogP contribution >= 0.6 is 0 Å². The number of rotatable bonds is 7. The number of nitrogens with one attached hydrogen (secondary N) is 1. The van der Waals surface area contributed by atoms with Crippen molar-refractivity contribution in [3.63, 3.8) is 0 Å². The molecule has 0 radical (unpaired) electrons. The maximum atomic E-state index is 15.4. The third-order valence-corrected chi connectivity index (χ3v) is 6.92. The average Bonchev–Trinajstić information content (AvgIpc) is 3.66. The average molecular weight is 461 g/mol. The van der Waals surface area contributed by atoms with Crippen LogP contribution in [0.3, 0.4) is 0 Å². The summed E-state index contributed by atoms with van der Waals surface area (Å²) >= 11 is 0. The maximum absolute atomic E-state index is 15.4. The molecule has 0 bridgehead atoms. The van der Waals surface area contributed by atoms with E-state index in [2.05, 4.69) is 83.0 Å². The van der Waals surface area contributed by atoms with E-state index in [0.29, 0.717) is 31.3 Å². The Bertz CT molecular complexity index is 1020. The normalized spacial score (nSPS) is 21.2. The second-order valence-electron chi connectivity index (χ2n) is 9.34. The van der Waals surface area contributed by atoms with Crippen molar-refractivity contribution in [1.82, 2.24) is 10.2 Å². The van der Waals surface area contributed by atoms with Crippen LogP contribution < -0.4 is 5.32 Å². The molecule has 2 atom stereocenters. The Hall–Kier alpha value is -3.02. The van der Waals surface area contributed by atoms with Crippen LogP contribution in [0.15, 0.2) is 84.9 Å². The van der Waals surface area contributed by atoms with Crippen molar-refractivity contribution in [3.8, 4) is 11.1 Å². The molecule has 1 aliphatic carbocycles. The van der Waals surface area contributed by atoms with E-state index in [1.54, 1.807) is 0 Å². The molecule has 2 N–H and O–H groups in total. The van der Waals surface area contributed by atoms with Gasteiger partial charge in [0.1, 0.15) is 5.67 Å². The second-order valence-corrected chi connectivity index (χ2v) is 9.34. The molecule has 0 spiro atoms. The number of piperidine rings is 1. The van der Waals surface area contributed by atoms with Crippen LogP contribution in [0, 0.1) is 0 Å². The summed E-state index contributed by atoms with van der Waals surface area (Å²) in [7, 11) is 0. The summed E-state index contributed by atoms with van der Waals surface area (Å²) in [4.78, 5) is 10.7. The molecule has 4 nitrogen and oxygen atoms in total. The van der Waals surface area contributed by atoms with Gasteiger partial charge in [0.05, 0.1) is 0 Å². The van der Waals surface area contributed by atoms with Gasteiger partial charge in [-0.1, -0.05) is 84.9 Å².